The smallest absolute Gasteiger partial charge is 0.325 e. The summed E-state index contributed by atoms with van der Waals surface area (Å²) in [6, 6.07) is 6.63. The highest BCUT2D eigenvalue weighted by atomic mass is 16.4. The number of nitrogens with zero attached hydrogens (tertiary/aromatic N) is 3. The number of carbonyl (C=O) groups is 2. The van der Waals surface area contributed by atoms with Crippen molar-refractivity contribution in [2.75, 3.05) is 0 Å². The number of carboxylic acids is 1. The molecular weight excluding hydrogens is 272 g/mol. The molecule has 0 radical (unpaired) electrons. The molecule has 1 aromatic heterocycles. The van der Waals surface area contributed by atoms with Crippen molar-refractivity contribution < 1.29 is 14.7 Å². The first-order valence-corrected chi connectivity index (χ1v) is 6.43. The molecule has 0 spiro atoms. The lowest BCUT2D eigenvalue weighted by Crippen LogP contribution is -2.38. The molecule has 1 amide bonds. The normalized spacial score (nSPS) is 12.0. The Hall–Kier alpha value is -2.70. The molecule has 2 rings (SSSR count). The van der Waals surface area contributed by atoms with E-state index in [9.17, 15) is 9.59 Å². The van der Waals surface area contributed by atoms with Gasteiger partial charge in [0, 0.05) is 0 Å². The number of benzene rings is 1. The Bertz CT molecular complexity index is 676. The number of aliphatic carboxylic acids is 1. The van der Waals surface area contributed by atoms with Gasteiger partial charge in [0.2, 0.25) is 0 Å². The number of rotatable bonds is 4. The second-order valence-corrected chi connectivity index (χ2v) is 4.80. The Balaban J connectivity index is 2.26. The molecule has 0 aliphatic heterocycles. The summed E-state index contributed by atoms with van der Waals surface area (Å²) in [7, 11) is 0. The lowest BCUT2D eigenvalue weighted by molar-refractivity contribution is -0.138. The van der Waals surface area contributed by atoms with Crippen LogP contribution in [0.25, 0.3) is 5.69 Å². The van der Waals surface area contributed by atoms with Crippen molar-refractivity contribution in [3.63, 3.8) is 0 Å². The zero-order valence-electron chi connectivity index (χ0n) is 12.0. The zero-order valence-corrected chi connectivity index (χ0v) is 12.0. The van der Waals surface area contributed by atoms with Crippen LogP contribution in [0.3, 0.4) is 0 Å². The maximum Gasteiger partial charge on any atom is 0.325 e. The number of aromatic nitrogens is 3. The van der Waals surface area contributed by atoms with Crippen LogP contribution in [0.2, 0.25) is 0 Å². The van der Waals surface area contributed by atoms with Crippen molar-refractivity contribution in [3.05, 3.63) is 41.2 Å². The van der Waals surface area contributed by atoms with E-state index in [2.05, 4.69) is 15.6 Å². The third-order valence-corrected chi connectivity index (χ3v) is 3.11. The minimum Gasteiger partial charge on any atom is -0.480 e. The van der Waals surface area contributed by atoms with Gasteiger partial charge in [-0.3, -0.25) is 9.59 Å². The van der Waals surface area contributed by atoms with E-state index in [1.807, 2.05) is 31.2 Å². The van der Waals surface area contributed by atoms with Gasteiger partial charge in [-0.25, -0.2) is 4.68 Å². The molecule has 110 valence electrons. The van der Waals surface area contributed by atoms with Crippen molar-refractivity contribution in [3.8, 4) is 5.69 Å². The number of carboxylic acid groups (broad SMARTS) is 1. The molecule has 1 unspecified atom stereocenters. The SMILES string of the molecule is Cc1ccc(-n2nnc(C(=O)NC(C)C(=O)O)c2C)cc1. The van der Waals surface area contributed by atoms with Crippen molar-refractivity contribution in [1.29, 1.82) is 0 Å². The van der Waals surface area contributed by atoms with Crippen LogP contribution in [0.4, 0.5) is 0 Å². The number of carbonyl (C=O) groups excluding carboxylic acids is 1. The first kappa shape index (κ1) is 14.7. The van der Waals surface area contributed by atoms with Gasteiger partial charge in [-0.05, 0) is 32.9 Å². The van der Waals surface area contributed by atoms with Crippen LogP contribution < -0.4 is 5.32 Å². The lowest BCUT2D eigenvalue weighted by atomic mass is 10.2. The summed E-state index contributed by atoms with van der Waals surface area (Å²) in [6.07, 6.45) is 0. The summed E-state index contributed by atoms with van der Waals surface area (Å²) < 4.78 is 1.54. The monoisotopic (exact) mass is 288 g/mol. The average Bonchev–Trinajstić information content (AvgIpc) is 2.81. The molecule has 0 bridgehead atoms. The van der Waals surface area contributed by atoms with E-state index < -0.39 is 17.9 Å². The highest BCUT2D eigenvalue weighted by molar-refractivity contribution is 5.95. The number of hydrogen-bond donors (Lipinski definition) is 2. The van der Waals surface area contributed by atoms with E-state index in [4.69, 9.17) is 5.11 Å². The summed E-state index contributed by atoms with van der Waals surface area (Å²) >= 11 is 0. The standard InChI is InChI=1S/C14H16N4O3/c1-8-4-6-11(7-5-8)18-10(3)12(16-17-18)13(19)15-9(2)14(20)21/h4-7,9H,1-3H3,(H,15,19)(H,20,21). The van der Waals surface area contributed by atoms with Gasteiger partial charge in [-0.1, -0.05) is 22.9 Å². The van der Waals surface area contributed by atoms with Crippen LogP contribution in [-0.4, -0.2) is 38.0 Å². The van der Waals surface area contributed by atoms with Gasteiger partial charge in [0.25, 0.3) is 5.91 Å². The third-order valence-electron chi connectivity index (χ3n) is 3.11. The predicted molar refractivity (Wildman–Crippen MR) is 75.4 cm³/mol. The molecule has 7 nitrogen and oxygen atoms in total. The molecule has 1 aromatic carbocycles. The maximum absolute atomic E-state index is 12.0. The highest BCUT2D eigenvalue weighted by Crippen LogP contribution is 2.13. The number of hydrogen-bond acceptors (Lipinski definition) is 4. The molecule has 1 heterocycles. The largest absolute Gasteiger partial charge is 0.480 e. The second kappa shape index (κ2) is 5.74. The molecule has 0 saturated carbocycles. The van der Waals surface area contributed by atoms with Crippen LogP contribution in [0.5, 0.6) is 0 Å². The van der Waals surface area contributed by atoms with Gasteiger partial charge < -0.3 is 10.4 Å². The Morgan fingerprint density at radius 1 is 1.24 bits per heavy atom. The van der Waals surface area contributed by atoms with Crippen molar-refractivity contribution >= 4 is 11.9 Å². The van der Waals surface area contributed by atoms with Crippen LogP contribution >= 0.6 is 0 Å². The summed E-state index contributed by atoms with van der Waals surface area (Å²) in [6.45, 7) is 5.07. The topological polar surface area (TPSA) is 97.1 Å². The quantitative estimate of drug-likeness (QED) is 0.877. The minimum atomic E-state index is -1.10. The van der Waals surface area contributed by atoms with Crippen molar-refractivity contribution in [2.24, 2.45) is 0 Å². The fourth-order valence-electron chi connectivity index (χ4n) is 1.80. The molecule has 0 saturated heterocycles. The molecule has 7 heteroatoms. The average molecular weight is 288 g/mol. The summed E-state index contributed by atoms with van der Waals surface area (Å²) in [5.74, 6) is -1.66. The van der Waals surface area contributed by atoms with Crippen LogP contribution in [-0.2, 0) is 4.79 Å². The van der Waals surface area contributed by atoms with E-state index in [1.165, 1.54) is 6.92 Å². The van der Waals surface area contributed by atoms with Gasteiger partial charge in [0.15, 0.2) is 5.69 Å². The van der Waals surface area contributed by atoms with E-state index in [0.29, 0.717) is 5.69 Å². The van der Waals surface area contributed by atoms with Gasteiger partial charge in [0.1, 0.15) is 6.04 Å². The van der Waals surface area contributed by atoms with Crippen LogP contribution in [0.15, 0.2) is 24.3 Å². The Morgan fingerprint density at radius 2 is 1.86 bits per heavy atom. The van der Waals surface area contributed by atoms with E-state index in [-0.39, 0.29) is 5.69 Å². The summed E-state index contributed by atoms with van der Waals surface area (Å²) in [5, 5.41) is 18.9. The number of aryl methyl sites for hydroxylation is 1. The number of nitrogens with one attached hydrogen (secondary N) is 1. The molecule has 0 aliphatic rings. The third kappa shape index (κ3) is 3.07. The van der Waals surface area contributed by atoms with E-state index in [0.717, 1.165) is 11.3 Å². The Kier molecular flexibility index (Phi) is 4.02. The van der Waals surface area contributed by atoms with E-state index in [1.54, 1.807) is 11.6 Å². The first-order chi connectivity index (χ1) is 9.90. The second-order valence-electron chi connectivity index (χ2n) is 4.80. The fourth-order valence-corrected chi connectivity index (χ4v) is 1.80. The lowest BCUT2D eigenvalue weighted by Gasteiger charge is -2.08. The number of amides is 1. The van der Waals surface area contributed by atoms with Crippen LogP contribution in [0.1, 0.15) is 28.7 Å². The summed E-state index contributed by atoms with van der Waals surface area (Å²) in [5.41, 5.74) is 2.57. The molecule has 0 fully saturated rings. The van der Waals surface area contributed by atoms with E-state index >= 15 is 0 Å². The summed E-state index contributed by atoms with van der Waals surface area (Å²) in [4.78, 5) is 22.7. The molecule has 1 atom stereocenters. The first-order valence-electron chi connectivity index (χ1n) is 6.43. The maximum atomic E-state index is 12.0. The van der Waals surface area contributed by atoms with Gasteiger partial charge in [-0.2, -0.15) is 0 Å². The molecule has 0 aliphatic carbocycles. The highest BCUT2D eigenvalue weighted by Gasteiger charge is 2.21. The van der Waals surface area contributed by atoms with Crippen molar-refractivity contribution in [1.82, 2.24) is 20.3 Å². The Labute approximate surface area is 121 Å². The van der Waals surface area contributed by atoms with Gasteiger partial charge in [-0.15, -0.1) is 5.10 Å². The fraction of sp³-hybridized carbons (Fsp3) is 0.286. The zero-order chi connectivity index (χ0) is 15.6. The minimum absolute atomic E-state index is 0.115. The van der Waals surface area contributed by atoms with Gasteiger partial charge in [0.05, 0.1) is 11.4 Å². The van der Waals surface area contributed by atoms with Gasteiger partial charge >= 0.3 is 5.97 Å². The molecular formula is C14H16N4O3. The molecule has 21 heavy (non-hydrogen) atoms. The van der Waals surface area contributed by atoms with Crippen molar-refractivity contribution in [2.45, 2.75) is 26.8 Å². The predicted octanol–water partition coefficient (Wildman–Crippen LogP) is 1.09. The molecule has 2 aromatic rings. The van der Waals surface area contributed by atoms with Crippen LogP contribution in [0, 0.1) is 13.8 Å². The Morgan fingerprint density at radius 3 is 2.43 bits per heavy atom. The molecule has 2 N–H and O–H groups in total.